The molecule has 2 heterocycles. The van der Waals surface area contributed by atoms with Gasteiger partial charge in [0.1, 0.15) is 5.75 Å². The Labute approximate surface area is 130 Å². The number of fused-ring (bicyclic) bond motifs is 1. The maximum absolute atomic E-state index is 12.2. The second-order valence-corrected chi connectivity index (χ2v) is 4.98. The predicted molar refractivity (Wildman–Crippen MR) is 82.1 cm³/mol. The summed E-state index contributed by atoms with van der Waals surface area (Å²) >= 11 is 0. The van der Waals surface area contributed by atoms with Crippen LogP contribution in [0.2, 0.25) is 0 Å². The van der Waals surface area contributed by atoms with Gasteiger partial charge in [0.25, 0.3) is 0 Å². The summed E-state index contributed by atoms with van der Waals surface area (Å²) in [6, 6.07) is 9.61. The van der Waals surface area contributed by atoms with Crippen molar-refractivity contribution in [2.24, 2.45) is 0 Å². The molecule has 0 unspecified atom stereocenters. The maximum atomic E-state index is 12.2. The van der Waals surface area contributed by atoms with Gasteiger partial charge in [0.2, 0.25) is 0 Å². The first-order valence-electron chi connectivity index (χ1n) is 6.87. The number of benzene rings is 1. The highest BCUT2D eigenvalue weighted by atomic mass is 19.4. The molecular weight excluding hydrogens is 305 g/mol. The lowest BCUT2D eigenvalue weighted by molar-refractivity contribution is -0.274. The van der Waals surface area contributed by atoms with Crippen LogP contribution in [0.5, 0.6) is 5.75 Å². The molecule has 0 N–H and O–H groups in total. The highest BCUT2D eigenvalue weighted by molar-refractivity contribution is 5.85. The van der Waals surface area contributed by atoms with Gasteiger partial charge in [0.15, 0.2) is 0 Å². The molecule has 0 bridgehead atoms. The molecule has 0 aliphatic rings. The van der Waals surface area contributed by atoms with Crippen LogP contribution in [-0.4, -0.2) is 15.9 Å². The number of halogens is 3. The van der Waals surface area contributed by atoms with E-state index in [2.05, 4.69) is 16.3 Å². The summed E-state index contributed by atoms with van der Waals surface area (Å²) < 4.78 is 42.3. The number of hydrogen-bond acceptors (Lipinski definition) is 2. The maximum Gasteiger partial charge on any atom is 0.573 e. The number of alkyl halides is 3. The Morgan fingerprint density at radius 3 is 2.57 bits per heavy atom. The fraction of sp³-hybridized carbons (Fsp3) is 0.118. The van der Waals surface area contributed by atoms with Crippen molar-refractivity contribution in [1.29, 1.82) is 0 Å². The van der Waals surface area contributed by atoms with Gasteiger partial charge in [-0.2, -0.15) is 0 Å². The van der Waals surface area contributed by atoms with E-state index in [9.17, 15) is 13.2 Å². The summed E-state index contributed by atoms with van der Waals surface area (Å²) in [5, 5.41) is 0. The molecule has 0 atom stereocenters. The first-order valence-corrected chi connectivity index (χ1v) is 6.87. The van der Waals surface area contributed by atoms with E-state index >= 15 is 0 Å². The van der Waals surface area contributed by atoms with Crippen LogP contribution in [0, 0.1) is 0 Å². The minimum Gasteiger partial charge on any atom is -0.406 e. The largest absolute Gasteiger partial charge is 0.573 e. The minimum atomic E-state index is -4.68. The normalized spacial score (nSPS) is 11.6. The van der Waals surface area contributed by atoms with Crippen LogP contribution >= 0.6 is 0 Å². The Kier molecular flexibility index (Phi) is 3.82. The van der Waals surface area contributed by atoms with Crippen molar-refractivity contribution in [1.82, 2.24) is 9.55 Å². The lowest BCUT2D eigenvalue weighted by Crippen LogP contribution is -2.17. The van der Waals surface area contributed by atoms with Crippen LogP contribution in [0.4, 0.5) is 13.2 Å². The molecule has 0 saturated carbocycles. The first kappa shape index (κ1) is 15.1. The molecule has 0 fully saturated rings. The van der Waals surface area contributed by atoms with Gasteiger partial charge in [-0.15, -0.1) is 13.2 Å². The molecule has 1 aromatic carbocycles. The standard InChI is InChI=1S/C17H13F3N2O/c1-2-13-11-22(15-4-3-9-21-16(13)15)10-12-5-7-14(8-6-12)23-17(18,19)20/h2-9,11H,1,10H2. The van der Waals surface area contributed by atoms with E-state index in [1.807, 2.05) is 22.9 Å². The fourth-order valence-electron chi connectivity index (χ4n) is 2.42. The van der Waals surface area contributed by atoms with Gasteiger partial charge < -0.3 is 9.30 Å². The van der Waals surface area contributed by atoms with Gasteiger partial charge in [0.05, 0.1) is 11.0 Å². The molecule has 0 saturated heterocycles. The number of aromatic nitrogens is 2. The number of pyridine rings is 1. The topological polar surface area (TPSA) is 27.1 Å². The number of nitrogens with zero attached hydrogens (tertiary/aromatic N) is 2. The lowest BCUT2D eigenvalue weighted by Gasteiger charge is -2.10. The third kappa shape index (κ3) is 3.36. The molecule has 0 radical (unpaired) electrons. The highest BCUT2D eigenvalue weighted by Gasteiger charge is 2.30. The molecular formula is C17H13F3N2O. The first-order chi connectivity index (χ1) is 11.0. The zero-order valence-corrected chi connectivity index (χ0v) is 12.0. The van der Waals surface area contributed by atoms with Crippen LogP contribution in [0.1, 0.15) is 11.1 Å². The molecule has 0 spiro atoms. The number of ether oxygens (including phenoxy) is 1. The molecule has 3 nitrogen and oxygen atoms in total. The van der Waals surface area contributed by atoms with Gasteiger partial charge in [-0.25, -0.2) is 0 Å². The molecule has 118 valence electrons. The molecule has 0 amide bonds. The van der Waals surface area contributed by atoms with Crippen molar-refractivity contribution in [2.45, 2.75) is 12.9 Å². The molecule has 6 heteroatoms. The van der Waals surface area contributed by atoms with Crippen LogP contribution in [0.25, 0.3) is 17.1 Å². The molecule has 3 rings (SSSR count). The van der Waals surface area contributed by atoms with Crippen LogP contribution in [0.15, 0.2) is 55.4 Å². The molecule has 23 heavy (non-hydrogen) atoms. The Morgan fingerprint density at radius 2 is 1.91 bits per heavy atom. The summed E-state index contributed by atoms with van der Waals surface area (Å²) in [5.74, 6) is -0.230. The van der Waals surface area contributed by atoms with E-state index in [0.717, 1.165) is 22.2 Å². The summed E-state index contributed by atoms with van der Waals surface area (Å²) in [7, 11) is 0. The molecule has 0 aliphatic carbocycles. The smallest absolute Gasteiger partial charge is 0.406 e. The van der Waals surface area contributed by atoms with Crippen molar-refractivity contribution in [2.75, 3.05) is 0 Å². The van der Waals surface area contributed by atoms with E-state index in [1.54, 1.807) is 24.4 Å². The van der Waals surface area contributed by atoms with Gasteiger partial charge in [0, 0.05) is 24.5 Å². The Bertz CT molecular complexity index is 835. The number of hydrogen-bond donors (Lipinski definition) is 0. The summed E-state index contributed by atoms with van der Waals surface area (Å²) in [6.45, 7) is 4.29. The van der Waals surface area contributed by atoms with Gasteiger partial charge >= 0.3 is 6.36 Å². The van der Waals surface area contributed by atoms with E-state index in [4.69, 9.17) is 0 Å². The van der Waals surface area contributed by atoms with Gasteiger partial charge in [-0.05, 0) is 29.8 Å². The van der Waals surface area contributed by atoms with E-state index in [0.29, 0.717) is 6.54 Å². The van der Waals surface area contributed by atoms with Crippen molar-refractivity contribution >= 4 is 17.1 Å². The van der Waals surface area contributed by atoms with Crippen molar-refractivity contribution in [3.05, 3.63) is 66.5 Å². The zero-order valence-electron chi connectivity index (χ0n) is 12.0. The second kappa shape index (κ2) is 5.79. The zero-order chi connectivity index (χ0) is 16.4. The monoisotopic (exact) mass is 318 g/mol. The lowest BCUT2D eigenvalue weighted by atomic mass is 10.2. The quantitative estimate of drug-likeness (QED) is 0.701. The van der Waals surface area contributed by atoms with Gasteiger partial charge in [-0.3, -0.25) is 4.98 Å². The molecule has 0 aliphatic heterocycles. The highest BCUT2D eigenvalue weighted by Crippen LogP contribution is 2.24. The Hall–Kier alpha value is -2.76. The van der Waals surface area contributed by atoms with Gasteiger partial charge in [-0.1, -0.05) is 24.8 Å². The Balaban J connectivity index is 1.86. The molecule has 3 aromatic rings. The Morgan fingerprint density at radius 1 is 1.17 bits per heavy atom. The third-order valence-electron chi connectivity index (χ3n) is 3.39. The predicted octanol–water partition coefficient (Wildman–Crippen LogP) is 4.63. The average Bonchev–Trinajstić information content (AvgIpc) is 2.86. The van der Waals surface area contributed by atoms with E-state index in [1.165, 1.54) is 12.1 Å². The van der Waals surface area contributed by atoms with E-state index < -0.39 is 6.36 Å². The summed E-state index contributed by atoms with van der Waals surface area (Å²) in [4.78, 5) is 4.33. The van der Waals surface area contributed by atoms with Crippen molar-refractivity contribution in [3.8, 4) is 5.75 Å². The fourth-order valence-corrected chi connectivity index (χ4v) is 2.42. The summed E-state index contributed by atoms with van der Waals surface area (Å²) in [6.07, 6.45) is 0.683. The number of rotatable bonds is 4. The molecule has 2 aromatic heterocycles. The minimum absolute atomic E-state index is 0.230. The average molecular weight is 318 g/mol. The SMILES string of the molecule is C=Cc1cn(Cc2ccc(OC(F)(F)F)cc2)c2cccnc12. The second-order valence-electron chi connectivity index (χ2n) is 4.98. The van der Waals surface area contributed by atoms with Crippen LogP contribution < -0.4 is 4.74 Å². The third-order valence-corrected chi connectivity index (χ3v) is 3.39. The van der Waals surface area contributed by atoms with Crippen LogP contribution in [-0.2, 0) is 6.54 Å². The summed E-state index contributed by atoms with van der Waals surface area (Å²) in [5.41, 5.74) is 3.56. The van der Waals surface area contributed by atoms with Crippen molar-refractivity contribution in [3.63, 3.8) is 0 Å². The van der Waals surface area contributed by atoms with E-state index in [-0.39, 0.29) is 5.75 Å². The van der Waals surface area contributed by atoms with Crippen molar-refractivity contribution < 1.29 is 17.9 Å². The van der Waals surface area contributed by atoms with Crippen LogP contribution in [0.3, 0.4) is 0 Å².